The molecule has 2 aromatic carbocycles. The second-order valence-corrected chi connectivity index (χ2v) is 8.64. The summed E-state index contributed by atoms with van der Waals surface area (Å²) >= 11 is 12.0. The summed E-state index contributed by atoms with van der Waals surface area (Å²) in [6.45, 7) is 0.890. The molecule has 0 N–H and O–H groups in total. The Morgan fingerprint density at radius 3 is 2.33 bits per heavy atom. The summed E-state index contributed by atoms with van der Waals surface area (Å²) in [6, 6.07) is 11.5. The fourth-order valence-corrected chi connectivity index (χ4v) is 5.10. The van der Waals surface area contributed by atoms with Gasteiger partial charge >= 0.3 is 0 Å². The van der Waals surface area contributed by atoms with Gasteiger partial charge in [-0.05, 0) is 24.3 Å². The van der Waals surface area contributed by atoms with Crippen molar-refractivity contribution in [1.82, 2.24) is 9.21 Å². The van der Waals surface area contributed by atoms with Gasteiger partial charge in [-0.1, -0.05) is 41.4 Å². The van der Waals surface area contributed by atoms with Crippen molar-refractivity contribution in [3.05, 3.63) is 58.1 Å². The van der Waals surface area contributed by atoms with Crippen molar-refractivity contribution in [2.45, 2.75) is 4.90 Å². The summed E-state index contributed by atoms with van der Waals surface area (Å²) in [5, 5.41) is 0.189. The van der Waals surface area contributed by atoms with Crippen LogP contribution in [0.2, 0.25) is 10.0 Å². The van der Waals surface area contributed by atoms with Gasteiger partial charge in [0.05, 0.1) is 22.7 Å². The van der Waals surface area contributed by atoms with Crippen molar-refractivity contribution >= 4 is 39.1 Å². The minimum Gasteiger partial charge on any atom is -0.496 e. The summed E-state index contributed by atoms with van der Waals surface area (Å²) in [5.74, 6) is 0.300. The molecular formula is C18H18Cl2N2O4S. The molecule has 1 aliphatic heterocycles. The minimum atomic E-state index is -3.79. The van der Waals surface area contributed by atoms with Crippen LogP contribution in [0.15, 0.2) is 47.4 Å². The fraction of sp³-hybridized carbons (Fsp3) is 0.278. The number of sulfonamides is 1. The lowest BCUT2D eigenvalue weighted by Gasteiger charge is -2.34. The van der Waals surface area contributed by atoms with Crippen LogP contribution in [-0.4, -0.2) is 56.8 Å². The zero-order valence-electron chi connectivity index (χ0n) is 14.6. The van der Waals surface area contributed by atoms with E-state index < -0.39 is 10.0 Å². The first kappa shape index (κ1) is 19.9. The van der Waals surface area contributed by atoms with Gasteiger partial charge in [0.2, 0.25) is 10.0 Å². The molecule has 27 heavy (non-hydrogen) atoms. The minimum absolute atomic E-state index is 0.00620. The quantitative estimate of drug-likeness (QED) is 0.749. The maximum absolute atomic E-state index is 12.9. The fourth-order valence-electron chi connectivity index (χ4n) is 2.95. The van der Waals surface area contributed by atoms with Gasteiger partial charge in [0, 0.05) is 26.2 Å². The Labute approximate surface area is 168 Å². The molecular weight excluding hydrogens is 411 g/mol. The van der Waals surface area contributed by atoms with E-state index in [0.29, 0.717) is 11.3 Å². The van der Waals surface area contributed by atoms with E-state index in [2.05, 4.69) is 0 Å². The Morgan fingerprint density at radius 2 is 1.67 bits per heavy atom. The van der Waals surface area contributed by atoms with E-state index in [9.17, 15) is 13.2 Å². The molecule has 1 fully saturated rings. The van der Waals surface area contributed by atoms with Gasteiger partial charge < -0.3 is 9.64 Å². The lowest BCUT2D eigenvalue weighted by atomic mass is 10.1. The summed E-state index contributed by atoms with van der Waals surface area (Å²) in [4.78, 5) is 14.3. The van der Waals surface area contributed by atoms with E-state index in [-0.39, 0.29) is 47.0 Å². The number of nitrogens with zero attached hydrogens (tertiary/aromatic N) is 2. The average Bonchev–Trinajstić information content (AvgIpc) is 2.69. The molecule has 0 bridgehead atoms. The van der Waals surface area contributed by atoms with Crippen LogP contribution in [0.5, 0.6) is 5.75 Å². The number of halogens is 2. The molecule has 0 radical (unpaired) electrons. The highest BCUT2D eigenvalue weighted by Gasteiger charge is 2.32. The van der Waals surface area contributed by atoms with Crippen molar-refractivity contribution in [3.63, 3.8) is 0 Å². The standard InChI is InChI=1S/C18H18Cl2N2O4S/c1-26-15-7-3-2-5-13(15)18(23)21-9-11-22(12-10-21)27(24,25)16-8-4-6-14(19)17(16)20/h2-8H,9-12H2,1H3. The molecule has 0 aromatic heterocycles. The van der Waals surface area contributed by atoms with Gasteiger partial charge in [0.15, 0.2) is 0 Å². The number of piperazine rings is 1. The van der Waals surface area contributed by atoms with Crippen molar-refractivity contribution in [2.75, 3.05) is 33.3 Å². The first-order valence-corrected chi connectivity index (χ1v) is 10.4. The van der Waals surface area contributed by atoms with Gasteiger partial charge in [-0.3, -0.25) is 4.79 Å². The summed E-state index contributed by atoms with van der Waals surface area (Å²) in [5.41, 5.74) is 0.453. The van der Waals surface area contributed by atoms with Gasteiger partial charge in [0.25, 0.3) is 5.91 Å². The zero-order chi connectivity index (χ0) is 19.6. The largest absolute Gasteiger partial charge is 0.496 e. The van der Waals surface area contributed by atoms with Crippen LogP contribution in [0, 0.1) is 0 Å². The number of hydrogen-bond donors (Lipinski definition) is 0. The van der Waals surface area contributed by atoms with Crippen LogP contribution in [0.1, 0.15) is 10.4 Å². The third kappa shape index (κ3) is 3.91. The SMILES string of the molecule is COc1ccccc1C(=O)N1CCN(S(=O)(=O)c2cccc(Cl)c2Cl)CC1. The topological polar surface area (TPSA) is 66.9 Å². The third-order valence-corrected chi connectivity index (χ3v) is 7.27. The van der Waals surface area contributed by atoms with Crippen LogP contribution in [0.4, 0.5) is 0 Å². The number of carbonyl (C=O) groups excluding carboxylic acids is 1. The van der Waals surface area contributed by atoms with Crippen LogP contribution < -0.4 is 4.74 Å². The number of rotatable bonds is 4. The van der Waals surface area contributed by atoms with Crippen molar-refractivity contribution < 1.29 is 17.9 Å². The molecule has 1 saturated heterocycles. The molecule has 3 rings (SSSR count). The predicted molar refractivity (Wildman–Crippen MR) is 104 cm³/mol. The monoisotopic (exact) mass is 428 g/mol. The number of carbonyl (C=O) groups is 1. The van der Waals surface area contributed by atoms with Crippen molar-refractivity contribution in [2.24, 2.45) is 0 Å². The maximum atomic E-state index is 12.9. The van der Waals surface area contributed by atoms with E-state index in [1.807, 2.05) is 0 Å². The Morgan fingerprint density at radius 1 is 1.00 bits per heavy atom. The summed E-state index contributed by atoms with van der Waals surface area (Å²) in [7, 11) is -2.28. The lowest BCUT2D eigenvalue weighted by Crippen LogP contribution is -2.50. The second-order valence-electron chi connectivity index (χ2n) is 5.95. The van der Waals surface area contributed by atoms with E-state index >= 15 is 0 Å². The van der Waals surface area contributed by atoms with Crippen LogP contribution in [0.25, 0.3) is 0 Å². The molecule has 2 aromatic rings. The summed E-state index contributed by atoms with van der Waals surface area (Å²) in [6.07, 6.45) is 0. The molecule has 0 spiro atoms. The Bertz CT molecular complexity index is 958. The maximum Gasteiger partial charge on any atom is 0.257 e. The van der Waals surface area contributed by atoms with Gasteiger partial charge in [-0.15, -0.1) is 0 Å². The molecule has 0 aliphatic carbocycles. The molecule has 1 heterocycles. The first-order valence-electron chi connectivity index (χ1n) is 8.22. The van der Waals surface area contributed by atoms with Crippen molar-refractivity contribution in [3.8, 4) is 5.75 Å². The van der Waals surface area contributed by atoms with Crippen LogP contribution >= 0.6 is 23.2 Å². The number of methoxy groups -OCH3 is 1. The van der Waals surface area contributed by atoms with Crippen molar-refractivity contribution in [1.29, 1.82) is 0 Å². The smallest absolute Gasteiger partial charge is 0.257 e. The summed E-state index contributed by atoms with van der Waals surface area (Å²) < 4.78 is 32.3. The van der Waals surface area contributed by atoms with E-state index in [4.69, 9.17) is 27.9 Å². The Kier molecular flexibility index (Phi) is 5.95. The number of para-hydroxylation sites is 1. The average molecular weight is 429 g/mol. The van der Waals surface area contributed by atoms with Gasteiger partial charge in [-0.25, -0.2) is 8.42 Å². The van der Waals surface area contributed by atoms with E-state index in [1.165, 1.54) is 23.5 Å². The highest BCUT2D eigenvalue weighted by Crippen LogP contribution is 2.31. The van der Waals surface area contributed by atoms with Gasteiger partial charge in [0.1, 0.15) is 10.6 Å². The molecule has 9 heteroatoms. The Balaban J connectivity index is 1.75. The number of amides is 1. The zero-order valence-corrected chi connectivity index (χ0v) is 16.9. The molecule has 1 amide bonds. The van der Waals surface area contributed by atoms with Crippen LogP contribution in [-0.2, 0) is 10.0 Å². The molecule has 0 saturated carbocycles. The third-order valence-electron chi connectivity index (χ3n) is 4.40. The van der Waals surface area contributed by atoms with E-state index in [0.717, 1.165) is 0 Å². The first-order chi connectivity index (χ1) is 12.9. The number of hydrogen-bond acceptors (Lipinski definition) is 4. The Hall–Kier alpha value is -1.80. The lowest BCUT2D eigenvalue weighted by molar-refractivity contribution is 0.0694. The molecule has 144 valence electrons. The highest BCUT2D eigenvalue weighted by molar-refractivity contribution is 7.89. The molecule has 1 aliphatic rings. The second kappa shape index (κ2) is 8.06. The number of ether oxygens (including phenoxy) is 1. The number of benzene rings is 2. The molecule has 6 nitrogen and oxygen atoms in total. The van der Waals surface area contributed by atoms with E-state index in [1.54, 1.807) is 35.2 Å². The molecule has 0 atom stereocenters. The normalized spacial score (nSPS) is 15.6. The molecule has 0 unspecified atom stereocenters. The van der Waals surface area contributed by atoms with Crippen LogP contribution in [0.3, 0.4) is 0 Å². The highest BCUT2D eigenvalue weighted by atomic mass is 35.5. The predicted octanol–water partition coefficient (Wildman–Crippen LogP) is 3.15. The van der Waals surface area contributed by atoms with Gasteiger partial charge in [-0.2, -0.15) is 4.31 Å².